The highest BCUT2D eigenvalue weighted by Crippen LogP contribution is 2.11. The van der Waals surface area contributed by atoms with Gasteiger partial charge in [-0.3, -0.25) is 9.78 Å². The number of likely N-dealkylation sites (tertiary alicyclic amines) is 1. The number of pyridine rings is 1. The van der Waals surface area contributed by atoms with Gasteiger partial charge in [0.25, 0.3) is 0 Å². The molecule has 0 radical (unpaired) electrons. The van der Waals surface area contributed by atoms with Crippen LogP contribution in [-0.4, -0.2) is 40.1 Å². The van der Waals surface area contributed by atoms with E-state index >= 15 is 0 Å². The van der Waals surface area contributed by atoms with E-state index in [0.29, 0.717) is 25.9 Å². The molecule has 16 heavy (non-hydrogen) atoms. The van der Waals surface area contributed by atoms with Gasteiger partial charge in [0, 0.05) is 31.9 Å². The molecule has 2 heterocycles. The van der Waals surface area contributed by atoms with Crippen LogP contribution in [0.5, 0.6) is 0 Å². The molecule has 1 N–H and O–H groups in total. The third-order valence-corrected chi connectivity index (χ3v) is 2.87. The quantitative estimate of drug-likeness (QED) is 0.812. The molecule has 1 amide bonds. The highest BCUT2D eigenvalue weighted by molar-refractivity contribution is 5.76. The Hall–Kier alpha value is -1.42. The molecule has 2 rings (SSSR count). The summed E-state index contributed by atoms with van der Waals surface area (Å²) in [4.78, 5) is 17.5. The SMILES string of the molecule is O=C(CCc1cccnc1)N1CCC(O)C1. The van der Waals surface area contributed by atoms with Crippen molar-refractivity contribution >= 4 is 5.91 Å². The summed E-state index contributed by atoms with van der Waals surface area (Å²) in [6, 6.07) is 3.85. The molecule has 0 spiro atoms. The van der Waals surface area contributed by atoms with Crippen LogP contribution in [0.15, 0.2) is 24.5 Å². The van der Waals surface area contributed by atoms with Gasteiger partial charge in [-0.25, -0.2) is 0 Å². The van der Waals surface area contributed by atoms with Crippen LogP contribution in [0, 0.1) is 0 Å². The van der Waals surface area contributed by atoms with Gasteiger partial charge in [-0.15, -0.1) is 0 Å². The Balaban J connectivity index is 1.80. The van der Waals surface area contributed by atoms with E-state index < -0.39 is 0 Å². The largest absolute Gasteiger partial charge is 0.391 e. The summed E-state index contributed by atoms with van der Waals surface area (Å²) >= 11 is 0. The van der Waals surface area contributed by atoms with E-state index in [4.69, 9.17) is 0 Å². The Kier molecular flexibility index (Phi) is 3.51. The van der Waals surface area contributed by atoms with E-state index in [9.17, 15) is 9.90 Å². The van der Waals surface area contributed by atoms with Crippen molar-refractivity contribution in [2.75, 3.05) is 13.1 Å². The zero-order valence-corrected chi connectivity index (χ0v) is 9.17. The number of amides is 1. The zero-order chi connectivity index (χ0) is 11.4. The Labute approximate surface area is 94.9 Å². The van der Waals surface area contributed by atoms with Crippen LogP contribution >= 0.6 is 0 Å². The van der Waals surface area contributed by atoms with Crippen LogP contribution in [0.2, 0.25) is 0 Å². The summed E-state index contributed by atoms with van der Waals surface area (Å²) in [5, 5.41) is 9.33. The van der Waals surface area contributed by atoms with Crippen molar-refractivity contribution in [1.29, 1.82) is 0 Å². The van der Waals surface area contributed by atoms with E-state index in [1.54, 1.807) is 17.3 Å². The Morgan fingerprint density at radius 3 is 3.12 bits per heavy atom. The smallest absolute Gasteiger partial charge is 0.222 e. The normalized spacial score (nSPS) is 20.1. The maximum Gasteiger partial charge on any atom is 0.222 e. The van der Waals surface area contributed by atoms with Crippen molar-refractivity contribution < 1.29 is 9.90 Å². The molecule has 1 aliphatic rings. The summed E-state index contributed by atoms with van der Waals surface area (Å²) in [5.74, 6) is 0.125. The number of carbonyl (C=O) groups is 1. The molecule has 4 nitrogen and oxygen atoms in total. The van der Waals surface area contributed by atoms with Crippen LogP contribution in [0.4, 0.5) is 0 Å². The lowest BCUT2D eigenvalue weighted by Crippen LogP contribution is -2.29. The molecule has 1 fully saturated rings. The molecule has 0 saturated carbocycles. The number of β-amino-alcohol motifs (C(OH)–C–C–N with tert-alkyl or cyclic N) is 1. The molecule has 1 saturated heterocycles. The van der Waals surface area contributed by atoms with Gasteiger partial charge >= 0.3 is 0 Å². The number of aliphatic hydroxyl groups is 1. The average molecular weight is 220 g/mol. The first-order valence-corrected chi connectivity index (χ1v) is 5.60. The fourth-order valence-corrected chi connectivity index (χ4v) is 1.92. The molecule has 0 aromatic carbocycles. The molecule has 4 heteroatoms. The van der Waals surface area contributed by atoms with Crippen molar-refractivity contribution in [2.24, 2.45) is 0 Å². The maximum absolute atomic E-state index is 11.8. The molecule has 0 bridgehead atoms. The zero-order valence-electron chi connectivity index (χ0n) is 9.17. The van der Waals surface area contributed by atoms with Gasteiger partial charge in [-0.2, -0.15) is 0 Å². The fraction of sp³-hybridized carbons (Fsp3) is 0.500. The molecule has 1 aliphatic heterocycles. The minimum Gasteiger partial charge on any atom is -0.391 e. The van der Waals surface area contributed by atoms with E-state index in [0.717, 1.165) is 12.0 Å². The summed E-state index contributed by atoms with van der Waals surface area (Å²) in [5.41, 5.74) is 1.08. The molecule has 1 aromatic rings. The highest BCUT2D eigenvalue weighted by atomic mass is 16.3. The van der Waals surface area contributed by atoms with Gasteiger partial charge in [0.05, 0.1) is 6.10 Å². The summed E-state index contributed by atoms with van der Waals surface area (Å²) in [7, 11) is 0. The fourth-order valence-electron chi connectivity index (χ4n) is 1.92. The highest BCUT2D eigenvalue weighted by Gasteiger charge is 2.23. The monoisotopic (exact) mass is 220 g/mol. The van der Waals surface area contributed by atoms with E-state index in [-0.39, 0.29) is 12.0 Å². The molecular weight excluding hydrogens is 204 g/mol. The van der Waals surface area contributed by atoms with Crippen molar-refractivity contribution in [3.05, 3.63) is 30.1 Å². The van der Waals surface area contributed by atoms with Crippen LogP contribution in [0.1, 0.15) is 18.4 Å². The minimum absolute atomic E-state index is 0.125. The summed E-state index contributed by atoms with van der Waals surface area (Å²) < 4.78 is 0. The van der Waals surface area contributed by atoms with Gasteiger partial charge in [0.2, 0.25) is 5.91 Å². The van der Waals surface area contributed by atoms with Crippen molar-refractivity contribution in [1.82, 2.24) is 9.88 Å². The van der Waals surface area contributed by atoms with Gasteiger partial charge < -0.3 is 10.0 Å². The number of rotatable bonds is 3. The Morgan fingerprint density at radius 1 is 1.62 bits per heavy atom. The molecular formula is C12H16N2O2. The lowest BCUT2D eigenvalue weighted by molar-refractivity contribution is -0.130. The maximum atomic E-state index is 11.8. The predicted octanol–water partition coefficient (Wildman–Crippen LogP) is 0.607. The summed E-state index contributed by atoms with van der Waals surface area (Å²) in [6.45, 7) is 1.18. The lowest BCUT2D eigenvalue weighted by atomic mass is 10.1. The first-order valence-electron chi connectivity index (χ1n) is 5.60. The number of nitrogens with zero attached hydrogens (tertiary/aromatic N) is 2. The second-order valence-electron chi connectivity index (χ2n) is 4.14. The van der Waals surface area contributed by atoms with Gasteiger partial charge in [0.15, 0.2) is 0 Å². The van der Waals surface area contributed by atoms with Crippen LogP contribution in [-0.2, 0) is 11.2 Å². The molecule has 0 aliphatic carbocycles. The average Bonchev–Trinajstić information content (AvgIpc) is 2.74. The van der Waals surface area contributed by atoms with Gasteiger partial charge in [-0.05, 0) is 24.5 Å². The van der Waals surface area contributed by atoms with Crippen molar-refractivity contribution in [2.45, 2.75) is 25.4 Å². The number of aliphatic hydroxyl groups excluding tert-OH is 1. The topological polar surface area (TPSA) is 53.4 Å². The summed E-state index contributed by atoms with van der Waals surface area (Å²) in [6.07, 6.45) is 5.10. The van der Waals surface area contributed by atoms with Gasteiger partial charge in [-0.1, -0.05) is 6.07 Å². The van der Waals surface area contributed by atoms with Crippen LogP contribution < -0.4 is 0 Å². The minimum atomic E-state index is -0.331. The van der Waals surface area contributed by atoms with Crippen molar-refractivity contribution in [3.63, 3.8) is 0 Å². The number of aryl methyl sites for hydroxylation is 1. The third kappa shape index (κ3) is 2.79. The van der Waals surface area contributed by atoms with E-state index in [1.807, 2.05) is 12.1 Å². The number of hydrogen-bond acceptors (Lipinski definition) is 3. The number of carbonyl (C=O) groups excluding carboxylic acids is 1. The Morgan fingerprint density at radius 2 is 2.50 bits per heavy atom. The lowest BCUT2D eigenvalue weighted by Gasteiger charge is -2.15. The first kappa shape index (κ1) is 11.1. The predicted molar refractivity (Wildman–Crippen MR) is 59.8 cm³/mol. The standard InChI is InChI=1S/C12H16N2O2/c15-11-5-7-14(9-11)12(16)4-3-10-2-1-6-13-8-10/h1-2,6,8,11,15H,3-5,7,9H2. The third-order valence-electron chi connectivity index (χ3n) is 2.87. The van der Waals surface area contributed by atoms with Crippen LogP contribution in [0.25, 0.3) is 0 Å². The van der Waals surface area contributed by atoms with E-state index in [2.05, 4.69) is 4.98 Å². The molecule has 86 valence electrons. The van der Waals surface area contributed by atoms with Gasteiger partial charge in [0.1, 0.15) is 0 Å². The first-order chi connectivity index (χ1) is 7.75. The molecule has 1 atom stereocenters. The van der Waals surface area contributed by atoms with Crippen LogP contribution in [0.3, 0.4) is 0 Å². The second-order valence-corrected chi connectivity index (χ2v) is 4.14. The molecule has 1 aromatic heterocycles. The van der Waals surface area contributed by atoms with E-state index in [1.165, 1.54) is 0 Å². The molecule has 1 unspecified atom stereocenters. The Bertz CT molecular complexity index is 353. The number of aromatic nitrogens is 1. The second kappa shape index (κ2) is 5.07. The van der Waals surface area contributed by atoms with Crippen molar-refractivity contribution in [3.8, 4) is 0 Å². The number of hydrogen-bond donors (Lipinski definition) is 1.